The van der Waals surface area contributed by atoms with Crippen LogP contribution < -0.4 is 11.1 Å². The summed E-state index contributed by atoms with van der Waals surface area (Å²) in [5.74, 6) is -0.889. The molecule has 0 bridgehead atoms. The van der Waals surface area contributed by atoms with E-state index in [4.69, 9.17) is 5.73 Å². The summed E-state index contributed by atoms with van der Waals surface area (Å²) >= 11 is 0. The molecular formula is C12H21F3N2O. The van der Waals surface area contributed by atoms with E-state index in [9.17, 15) is 18.0 Å². The van der Waals surface area contributed by atoms with Gasteiger partial charge in [0.15, 0.2) is 5.54 Å². The fourth-order valence-electron chi connectivity index (χ4n) is 2.24. The summed E-state index contributed by atoms with van der Waals surface area (Å²) in [5.41, 5.74) is 2.25. The number of hydrogen-bond donors (Lipinski definition) is 2. The first-order valence-electron chi connectivity index (χ1n) is 6.33. The summed E-state index contributed by atoms with van der Waals surface area (Å²) in [4.78, 5) is 11.6. The van der Waals surface area contributed by atoms with E-state index < -0.39 is 17.6 Å². The van der Waals surface area contributed by atoms with Gasteiger partial charge in [-0.05, 0) is 32.6 Å². The quantitative estimate of drug-likeness (QED) is 0.824. The van der Waals surface area contributed by atoms with Crippen LogP contribution in [0.2, 0.25) is 0 Å². The smallest absolute Gasteiger partial charge is 0.351 e. The zero-order valence-electron chi connectivity index (χ0n) is 10.8. The molecule has 0 aromatic carbocycles. The number of halogens is 3. The van der Waals surface area contributed by atoms with Crippen LogP contribution in [0.3, 0.4) is 0 Å². The minimum absolute atomic E-state index is 0.256. The molecule has 6 heteroatoms. The Balaban J connectivity index is 2.58. The standard InChI is InChI=1S/C12H21F3N2O/c1-8(9-6-4-3-5-7-9)17-10(18)11(2,16)12(13,14)15/h8-9H,3-7,16H2,1-2H3,(H,17,18)/t8-,11?/m0/s1. The molecule has 1 aliphatic rings. The number of nitrogens with two attached hydrogens (primary N) is 1. The van der Waals surface area contributed by atoms with Crippen molar-refractivity contribution in [2.45, 2.75) is 63.7 Å². The summed E-state index contributed by atoms with van der Waals surface area (Å²) in [6.07, 6.45) is 0.481. The fraction of sp³-hybridized carbons (Fsp3) is 0.917. The van der Waals surface area contributed by atoms with Gasteiger partial charge in [0, 0.05) is 6.04 Å². The van der Waals surface area contributed by atoms with Crippen molar-refractivity contribution in [3.8, 4) is 0 Å². The highest BCUT2D eigenvalue weighted by Gasteiger charge is 2.54. The number of rotatable bonds is 3. The third kappa shape index (κ3) is 3.37. The Bertz CT molecular complexity index is 296. The van der Waals surface area contributed by atoms with Gasteiger partial charge in [0.05, 0.1) is 0 Å². The lowest BCUT2D eigenvalue weighted by atomic mass is 9.84. The van der Waals surface area contributed by atoms with Gasteiger partial charge in [-0.3, -0.25) is 4.79 Å². The topological polar surface area (TPSA) is 55.1 Å². The first-order valence-corrected chi connectivity index (χ1v) is 6.33. The van der Waals surface area contributed by atoms with Crippen molar-refractivity contribution in [2.75, 3.05) is 0 Å². The summed E-state index contributed by atoms with van der Waals surface area (Å²) in [6, 6.07) is -0.261. The predicted molar refractivity (Wildman–Crippen MR) is 62.8 cm³/mol. The Kier molecular flexibility index (Phi) is 4.64. The largest absolute Gasteiger partial charge is 0.415 e. The van der Waals surface area contributed by atoms with Crippen molar-refractivity contribution in [2.24, 2.45) is 11.7 Å². The fourth-order valence-corrected chi connectivity index (χ4v) is 2.24. The molecule has 1 rings (SSSR count). The van der Waals surface area contributed by atoms with Crippen LogP contribution >= 0.6 is 0 Å². The van der Waals surface area contributed by atoms with E-state index in [1.807, 2.05) is 0 Å². The molecule has 1 unspecified atom stereocenters. The third-order valence-corrected chi connectivity index (χ3v) is 3.78. The van der Waals surface area contributed by atoms with Crippen molar-refractivity contribution in [1.82, 2.24) is 5.32 Å². The molecule has 0 spiro atoms. The second-order valence-electron chi connectivity index (χ2n) is 5.36. The molecule has 0 radical (unpaired) electrons. The molecule has 0 heterocycles. The van der Waals surface area contributed by atoms with Gasteiger partial charge in [0.1, 0.15) is 0 Å². The SMILES string of the molecule is C[C@H](NC(=O)C(C)(N)C(F)(F)F)C1CCCCC1. The molecular weight excluding hydrogens is 245 g/mol. The first-order chi connectivity index (χ1) is 8.16. The predicted octanol–water partition coefficient (Wildman–Crippen LogP) is 2.35. The van der Waals surface area contributed by atoms with E-state index in [0.717, 1.165) is 32.1 Å². The molecule has 106 valence electrons. The van der Waals surface area contributed by atoms with Gasteiger partial charge < -0.3 is 11.1 Å². The monoisotopic (exact) mass is 266 g/mol. The average Bonchev–Trinajstić information content (AvgIpc) is 2.28. The molecule has 1 aliphatic carbocycles. The Morgan fingerprint density at radius 2 is 1.78 bits per heavy atom. The molecule has 1 fully saturated rings. The molecule has 3 nitrogen and oxygen atoms in total. The molecule has 0 aromatic heterocycles. The maximum absolute atomic E-state index is 12.6. The van der Waals surface area contributed by atoms with E-state index in [-0.39, 0.29) is 12.0 Å². The van der Waals surface area contributed by atoms with E-state index in [2.05, 4.69) is 5.32 Å². The summed E-state index contributed by atoms with van der Waals surface area (Å²) < 4.78 is 37.8. The Labute approximate surface area is 105 Å². The second-order valence-corrected chi connectivity index (χ2v) is 5.36. The lowest BCUT2D eigenvalue weighted by Crippen LogP contribution is -2.63. The van der Waals surface area contributed by atoms with Crippen LogP contribution in [-0.4, -0.2) is 23.7 Å². The number of carbonyl (C=O) groups is 1. The zero-order valence-corrected chi connectivity index (χ0v) is 10.8. The number of amides is 1. The summed E-state index contributed by atoms with van der Waals surface area (Å²) in [5, 5.41) is 2.41. The van der Waals surface area contributed by atoms with Crippen molar-refractivity contribution >= 4 is 5.91 Å². The van der Waals surface area contributed by atoms with E-state index in [1.54, 1.807) is 6.92 Å². The van der Waals surface area contributed by atoms with Crippen molar-refractivity contribution < 1.29 is 18.0 Å². The number of alkyl halides is 3. The second kappa shape index (κ2) is 5.47. The Morgan fingerprint density at radius 1 is 1.28 bits per heavy atom. The Hall–Kier alpha value is -0.780. The highest BCUT2D eigenvalue weighted by molar-refractivity contribution is 5.86. The van der Waals surface area contributed by atoms with Gasteiger partial charge >= 0.3 is 6.18 Å². The summed E-state index contributed by atoms with van der Waals surface area (Å²) in [7, 11) is 0. The number of nitrogens with one attached hydrogen (secondary N) is 1. The van der Waals surface area contributed by atoms with Gasteiger partial charge in [0.25, 0.3) is 0 Å². The van der Waals surface area contributed by atoms with Crippen molar-refractivity contribution in [1.29, 1.82) is 0 Å². The van der Waals surface area contributed by atoms with Crippen LogP contribution in [0.5, 0.6) is 0 Å². The lowest BCUT2D eigenvalue weighted by Gasteiger charge is -2.32. The van der Waals surface area contributed by atoms with Gasteiger partial charge in [0.2, 0.25) is 5.91 Å². The van der Waals surface area contributed by atoms with E-state index in [1.165, 1.54) is 0 Å². The molecule has 2 atom stereocenters. The molecule has 0 aliphatic heterocycles. The maximum atomic E-state index is 12.6. The van der Waals surface area contributed by atoms with E-state index >= 15 is 0 Å². The highest BCUT2D eigenvalue weighted by atomic mass is 19.4. The average molecular weight is 266 g/mol. The van der Waals surface area contributed by atoms with Crippen LogP contribution in [0, 0.1) is 5.92 Å². The van der Waals surface area contributed by atoms with Gasteiger partial charge in [-0.2, -0.15) is 13.2 Å². The van der Waals surface area contributed by atoms with Crippen molar-refractivity contribution in [3.63, 3.8) is 0 Å². The van der Waals surface area contributed by atoms with Gasteiger partial charge in [-0.25, -0.2) is 0 Å². The Morgan fingerprint density at radius 3 is 2.22 bits per heavy atom. The van der Waals surface area contributed by atoms with E-state index in [0.29, 0.717) is 6.92 Å². The van der Waals surface area contributed by atoms with Crippen LogP contribution in [0.15, 0.2) is 0 Å². The van der Waals surface area contributed by atoms with Gasteiger partial charge in [-0.1, -0.05) is 19.3 Å². The van der Waals surface area contributed by atoms with Crippen LogP contribution in [0.4, 0.5) is 13.2 Å². The van der Waals surface area contributed by atoms with Crippen LogP contribution in [0.1, 0.15) is 46.0 Å². The number of carbonyl (C=O) groups excluding carboxylic acids is 1. The third-order valence-electron chi connectivity index (χ3n) is 3.78. The lowest BCUT2D eigenvalue weighted by molar-refractivity contribution is -0.187. The zero-order chi connectivity index (χ0) is 14.0. The molecule has 1 saturated carbocycles. The summed E-state index contributed by atoms with van der Waals surface area (Å²) in [6.45, 7) is 2.45. The molecule has 1 amide bonds. The maximum Gasteiger partial charge on any atom is 0.415 e. The van der Waals surface area contributed by atoms with Crippen LogP contribution in [0.25, 0.3) is 0 Å². The van der Waals surface area contributed by atoms with Gasteiger partial charge in [-0.15, -0.1) is 0 Å². The molecule has 3 N–H and O–H groups in total. The normalized spacial score (nSPS) is 23.2. The first kappa shape index (κ1) is 15.3. The number of hydrogen-bond acceptors (Lipinski definition) is 2. The minimum atomic E-state index is -4.73. The molecule has 0 aromatic rings. The van der Waals surface area contributed by atoms with Crippen LogP contribution in [-0.2, 0) is 4.79 Å². The highest BCUT2D eigenvalue weighted by Crippen LogP contribution is 2.30. The molecule has 0 saturated heterocycles. The van der Waals surface area contributed by atoms with Crippen molar-refractivity contribution in [3.05, 3.63) is 0 Å². The molecule has 18 heavy (non-hydrogen) atoms. The minimum Gasteiger partial charge on any atom is -0.351 e.